The first-order valence-electron chi connectivity index (χ1n) is 5.84. The molecule has 0 amide bonds. The molecular weight excluding hydrogens is 236 g/mol. The molecule has 0 heterocycles. The first-order valence-corrected chi connectivity index (χ1v) is 5.84. The Morgan fingerprint density at radius 2 is 1.56 bits per heavy atom. The highest BCUT2D eigenvalue weighted by molar-refractivity contribution is 5.98. The van der Waals surface area contributed by atoms with E-state index in [2.05, 4.69) is 0 Å². The number of carbonyl (C=O) groups is 1. The van der Waals surface area contributed by atoms with Crippen LogP contribution in [-0.4, -0.2) is 50.6 Å². The lowest BCUT2D eigenvalue weighted by molar-refractivity contribution is -0.149. The molecule has 1 aliphatic rings. The summed E-state index contributed by atoms with van der Waals surface area (Å²) in [5.41, 5.74) is 0.414. The molecule has 1 aromatic rings. The molecule has 98 valence electrons. The molecule has 2 rings (SSSR count). The number of ketones is 1. The average molecular weight is 252 g/mol. The summed E-state index contributed by atoms with van der Waals surface area (Å²) in [7, 11) is 0. The monoisotopic (exact) mass is 252 g/mol. The zero-order valence-corrected chi connectivity index (χ0v) is 9.68. The molecule has 4 N–H and O–H groups in total. The fourth-order valence-corrected chi connectivity index (χ4v) is 2.29. The third-order valence-electron chi connectivity index (χ3n) is 3.40. The van der Waals surface area contributed by atoms with Gasteiger partial charge in [0.2, 0.25) is 0 Å². The molecule has 0 aromatic heterocycles. The van der Waals surface area contributed by atoms with Gasteiger partial charge in [-0.15, -0.1) is 0 Å². The number of carbonyl (C=O) groups excluding carboxylic acids is 1. The van der Waals surface area contributed by atoms with Gasteiger partial charge in [0.05, 0.1) is 18.1 Å². The number of hydrogen-bond donors (Lipinski definition) is 4. The second-order valence-electron chi connectivity index (χ2n) is 4.61. The van der Waals surface area contributed by atoms with Crippen molar-refractivity contribution in [1.82, 2.24) is 0 Å². The molecule has 1 saturated carbocycles. The summed E-state index contributed by atoms with van der Waals surface area (Å²) in [6.07, 6.45) is -5.56. The van der Waals surface area contributed by atoms with Gasteiger partial charge in [0.15, 0.2) is 5.78 Å². The van der Waals surface area contributed by atoms with E-state index < -0.39 is 30.3 Å². The molecule has 0 saturated heterocycles. The zero-order valence-electron chi connectivity index (χ0n) is 9.68. The summed E-state index contributed by atoms with van der Waals surface area (Å²) in [4.78, 5) is 12.1. The molecule has 5 heteroatoms. The SMILES string of the molecule is O=C(c1ccccc1)C1CC(O)C(O)C(O)C1O. The van der Waals surface area contributed by atoms with E-state index in [4.69, 9.17) is 0 Å². The third-order valence-corrected chi connectivity index (χ3v) is 3.40. The molecule has 1 aliphatic carbocycles. The Labute approximate surface area is 104 Å². The van der Waals surface area contributed by atoms with E-state index in [0.717, 1.165) is 0 Å². The predicted molar refractivity (Wildman–Crippen MR) is 62.9 cm³/mol. The largest absolute Gasteiger partial charge is 0.390 e. The van der Waals surface area contributed by atoms with Crippen molar-refractivity contribution >= 4 is 5.78 Å². The smallest absolute Gasteiger partial charge is 0.168 e. The number of aliphatic hydroxyl groups excluding tert-OH is 4. The number of benzene rings is 1. The molecule has 0 aliphatic heterocycles. The quantitative estimate of drug-likeness (QED) is 0.523. The van der Waals surface area contributed by atoms with Gasteiger partial charge >= 0.3 is 0 Å². The fraction of sp³-hybridized carbons (Fsp3) is 0.462. The fourth-order valence-electron chi connectivity index (χ4n) is 2.29. The second-order valence-corrected chi connectivity index (χ2v) is 4.61. The highest BCUT2D eigenvalue weighted by Crippen LogP contribution is 2.28. The Bertz CT molecular complexity index is 419. The minimum Gasteiger partial charge on any atom is -0.390 e. The molecule has 0 bridgehead atoms. The zero-order chi connectivity index (χ0) is 13.3. The van der Waals surface area contributed by atoms with Crippen molar-refractivity contribution in [2.75, 3.05) is 0 Å². The summed E-state index contributed by atoms with van der Waals surface area (Å²) < 4.78 is 0. The Kier molecular flexibility index (Phi) is 3.77. The first kappa shape index (κ1) is 13.2. The van der Waals surface area contributed by atoms with Gasteiger partial charge in [-0.3, -0.25) is 4.79 Å². The van der Waals surface area contributed by atoms with Crippen molar-refractivity contribution in [3.8, 4) is 0 Å². The summed E-state index contributed by atoms with van der Waals surface area (Å²) in [6.45, 7) is 0. The molecule has 0 radical (unpaired) electrons. The standard InChI is InChI=1S/C13H16O5/c14-9-6-8(11(16)13(18)12(9)17)10(15)7-4-2-1-3-5-7/h1-5,8-9,11-14,16-18H,6H2. The van der Waals surface area contributed by atoms with Gasteiger partial charge in [0, 0.05) is 5.56 Å². The van der Waals surface area contributed by atoms with Crippen molar-refractivity contribution in [3.63, 3.8) is 0 Å². The molecular formula is C13H16O5. The maximum Gasteiger partial charge on any atom is 0.168 e. The number of Topliss-reactive ketones (excluding diaryl/α,β-unsaturated/α-hetero) is 1. The van der Waals surface area contributed by atoms with E-state index in [1.54, 1.807) is 30.3 Å². The predicted octanol–water partition coefficient (Wildman–Crippen LogP) is -0.667. The van der Waals surface area contributed by atoms with Crippen molar-refractivity contribution in [2.45, 2.75) is 30.8 Å². The molecule has 0 spiro atoms. The van der Waals surface area contributed by atoms with Crippen LogP contribution in [0.5, 0.6) is 0 Å². The Hall–Kier alpha value is -1.27. The maximum atomic E-state index is 12.1. The van der Waals surface area contributed by atoms with Gasteiger partial charge < -0.3 is 20.4 Å². The Balaban J connectivity index is 2.20. The Morgan fingerprint density at radius 1 is 0.944 bits per heavy atom. The molecule has 5 atom stereocenters. The van der Waals surface area contributed by atoms with Crippen LogP contribution in [0.3, 0.4) is 0 Å². The van der Waals surface area contributed by atoms with E-state index >= 15 is 0 Å². The lowest BCUT2D eigenvalue weighted by Crippen LogP contribution is -2.55. The number of hydrogen-bond acceptors (Lipinski definition) is 5. The van der Waals surface area contributed by atoms with E-state index in [1.807, 2.05) is 0 Å². The molecule has 5 unspecified atom stereocenters. The first-order chi connectivity index (χ1) is 8.52. The number of aliphatic hydroxyl groups is 4. The van der Waals surface area contributed by atoms with Crippen molar-refractivity contribution in [3.05, 3.63) is 35.9 Å². The number of rotatable bonds is 2. The van der Waals surface area contributed by atoms with Crippen molar-refractivity contribution in [2.24, 2.45) is 5.92 Å². The lowest BCUT2D eigenvalue weighted by atomic mass is 9.77. The van der Waals surface area contributed by atoms with Gasteiger partial charge in [-0.2, -0.15) is 0 Å². The van der Waals surface area contributed by atoms with E-state index in [1.165, 1.54) is 0 Å². The highest BCUT2D eigenvalue weighted by Gasteiger charge is 2.44. The van der Waals surface area contributed by atoms with Crippen LogP contribution in [0.15, 0.2) is 30.3 Å². The van der Waals surface area contributed by atoms with Crippen molar-refractivity contribution in [1.29, 1.82) is 0 Å². The minimum absolute atomic E-state index is 0.0624. The summed E-state index contributed by atoms with van der Waals surface area (Å²) >= 11 is 0. The topological polar surface area (TPSA) is 98.0 Å². The summed E-state index contributed by atoms with van der Waals surface area (Å²) in [6, 6.07) is 8.38. The normalized spacial score (nSPS) is 36.3. The highest BCUT2D eigenvalue weighted by atomic mass is 16.4. The summed E-state index contributed by atoms with van der Waals surface area (Å²) in [5, 5.41) is 38.4. The maximum absolute atomic E-state index is 12.1. The molecule has 18 heavy (non-hydrogen) atoms. The lowest BCUT2D eigenvalue weighted by Gasteiger charge is -2.37. The average Bonchev–Trinajstić information content (AvgIpc) is 2.41. The third kappa shape index (κ3) is 2.30. The second kappa shape index (κ2) is 5.16. The molecule has 1 fully saturated rings. The molecule has 5 nitrogen and oxygen atoms in total. The van der Waals surface area contributed by atoms with Crippen LogP contribution in [0.1, 0.15) is 16.8 Å². The van der Waals surface area contributed by atoms with E-state index in [-0.39, 0.29) is 12.2 Å². The molecule has 1 aromatic carbocycles. The van der Waals surface area contributed by atoms with E-state index in [9.17, 15) is 25.2 Å². The van der Waals surface area contributed by atoms with Crippen molar-refractivity contribution < 1.29 is 25.2 Å². The van der Waals surface area contributed by atoms with Crippen LogP contribution in [0.25, 0.3) is 0 Å². The van der Waals surface area contributed by atoms with E-state index in [0.29, 0.717) is 5.56 Å². The minimum atomic E-state index is -1.51. The van der Waals surface area contributed by atoms with Crippen LogP contribution >= 0.6 is 0 Å². The van der Waals surface area contributed by atoms with Gasteiger partial charge in [-0.1, -0.05) is 30.3 Å². The van der Waals surface area contributed by atoms with Crippen LogP contribution < -0.4 is 0 Å². The van der Waals surface area contributed by atoms with Crippen LogP contribution in [-0.2, 0) is 0 Å². The van der Waals surface area contributed by atoms with Crippen LogP contribution in [0.4, 0.5) is 0 Å². The van der Waals surface area contributed by atoms with Crippen LogP contribution in [0.2, 0.25) is 0 Å². The summed E-state index contributed by atoms with van der Waals surface area (Å²) in [5.74, 6) is -1.24. The Morgan fingerprint density at radius 3 is 2.17 bits per heavy atom. The van der Waals surface area contributed by atoms with Gasteiger partial charge in [0.1, 0.15) is 12.2 Å². The van der Waals surface area contributed by atoms with Gasteiger partial charge in [0.25, 0.3) is 0 Å². The van der Waals surface area contributed by atoms with Gasteiger partial charge in [-0.05, 0) is 6.42 Å². The van der Waals surface area contributed by atoms with Crippen LogP contribution in [0, 0.1) is 5.92 Å². The van der Waals surface area contributed by atoms with Gasteiger partial charge in [-0.25, -0.2) is 0 Å².